The lowest BCUT2D eigenvalue weighted by Crippen LogP contribution is -2.39. The summed E-state index contributed by atoms with van der Waals surface area (Å²) in [4.78, 5) is 11.3. The Balaban J connectivity index is 2.27. The Morgan fingerprint density at radius 2 is 2.10 bits per heavy atom. The van der Waals surface area contributed by atoms with Gasteiger partial charge in [0.25, 0.3) is 0 Å². The summed E-state index contributed by atoms with van der Waals surface area (Å²) in [7, 11) is 3.08. The van der Waals surface area contributed by atoms with E-state index in [2.05, 4.69) is 47.3 Å². The van der Waals surface area contributed by atoms with Crippen LogP contribution < -0.4 is 0 Å². The van der Waals surface area contributed by atoms with Gasteiger partial charge in [0.15, 0.2) is 5.79 Å². The molecule has 5 heteroatoms. The molecule has 0 amide bonds. The maximum absolute atomic E-state index is 11.3. The van der Waals surface area contributed by atoms with Gasteiger partial charge in [-0.05, 0) is 51.0 Å². The second-order valence-electron chi connectivity index (χ2n) is 6.13. The molecule has 2 rings (SSSR count). The zero-order chi connectivity index (χ0) is 15.7. The number of methoxy groups -OCH3 is 2. The minimum atomic E-state index is -0.498. The Bertz CT molecular complexity index is 469. The third-order valence-corrected chi connectivity index (χ3v) is 5.01. The first kappa shape index (κ1) is 17.0. The molecule has 4 atom stereocenters. The fraction of sp³-hybridized carbons (Fsp3) is 0.688. The Morgan fingerprint density at radius 1 is 1.38 bits per heavy atom. The third kappa shape index (κ3) is 3.51. The van der Waals surface area contributed by atoms with Gasteiger partial charge in [-0.2, -0.15) is 0 Å². The van der Waals surface area contributed by atoms with Gasteiger partial charge in [0.2, 0.25) is 0 Å². The van der Waals surface area contributed by atoms with Crippen LogP contribution in [0.15, 0.2) is 21.8 Å². The predicted molar refractivity (Wildman–Crippen MR) is 89.0 cm³/mol. The molecular formula is C16H23IO4. The maximum atomic E-state index is 11.3. The van der Waals surface area contributed by atoms with E-state index >= 15 is 0 Å². The predicted octanol–water partition coefficient (Wildman–Crippen LogP) is 3.60. The number of carbonyl (C=O) groups is 1. The second-order valence-corrected chi connectivity index (χ2v) is 7.83. The van der Waals surface area contributed by atoms with Crippen molar-refractivity contribution in [3.63, 3.8) is 0 Å². The van der Waals surface area contributed by atoms with Crippen LogP contribution in [0.3, 0.4) is 0 Å². The highest BCUT2D eigenvalue weighted by molar-refractivity contribution is 14.1. The highest BCUT2D eigenvalue weighted by Gasteiger charge is 2.56. The topological polar surface area (TPSA) is 44.8 Å². The van der Waals surface area contributed by atoms with Crippen molar-refractivity contribution in [1.29, 1.82) is 0 Å². The number of halogens is 1. The maximum Gasteiger partial charge on any atom is 0.330 e. The van der Waals surface area contributed by atoms with E-state index in [0.29, 0.717) is 5.92 Å². The molecule has 21 heavy (non-hydrogen) atoms. The molecule has 0 aromatic carbocycles. The summed E-state index contributed by atoms with van der Waals surface area (Å²) in [5.41, 5.74) is 0.0644. The van der Waals surface area contributed by atoms with Crippen LogP contribution in [0.25, 0.3) is 0 Å². The van der Waals surface area contributed by atoms with Crippen molar-refractivity contribution >= 4 is 28.6 Å². The summed E-state index contributed by atoms with van der Waals surface area (Å²) in [5.74, 6) is -0.548. The summed E-state index contributed by atoms with van der Waals surface area (Å²) in [5, 5.41) is 0. The van der Waals surface area contributed by atoms with E-state index in [1.165, 1.54) is 16.8 Å². The van der Waals surface area contributed by atoms with Crippen molar-refractivity contribution in [2.24, 2.45) is 11.3 Å². The normalized spacial score (nSPS) is 39.8. The molecule has 118 valence electrons. The minimum Gasteiger partial charge on any atom is -0.466 e. The van der Waals surface area contributed by atoms with E-state index in [1.54, 1.807) is 7.11 Å². The molecule has 0 spiro atoms. The molecule has 0 aromatic heterocycles. The Morgan fingerprint density at radius 3 is 2.67 bits per heavy atom. The molecule has 0 aromatic rings. The number of fused-ring (bicyclic) bond motifs is 2. The van der Waals surface area contributed by atoms with Gasteiger partial charge < -0.3 is 14.2 Å². The standard InChI is InChI=1S/C16H23IO4/c1-11(17)9-15(2)7-8-16(20-4)10-12(15)13(21-16)5-6-14(18)19-3/h5-6,9,12-13H,7-8,10H2,1-4H3/b6-5+,11-9+/t12-,13+,15-,16+/m0/s1. The highest BCUT2D eigenvalue weighted by Crippen LogP contribution is 2.56. The number of carbonyl (C=O) groups excluding carboxylic acids is 1. The first-order valence-corrected chi connectivity index (χ1v) is 8.26. The average Bonchev–Trinajstić information content (AvgIpc) is 2.77. The fourth-order valence-corrected chi connectivity index (χ4v) is 4.24. The Labute approximate surface area is 140 Å². The number of rotatable bonds is 4. The monoisotopic (exact) mass is 406 g/mol. The molecule has 1 heterocycles. The largest absolute Gasteiger partial charge is 0.466 e. The minimum absolute atomic E-state index is 0.0644. The van der Waals surface area contributed by atoms with Crippen LogP contribution in [0.2, 0.25) is 0 Å². The molecular weight excluding hydrogens is 383 g/mol. The lowest BCUT2D eigenvalue weighted by Gasteiger charge is -2.40. The lowest BCUT2D eigenvalue weighted by molar-refractivity contribution is -0.210. The van der Waals surface area contributed by atoms with Gasteiger partial charge in [-0.25, -0.2) is 4.79 Å². The fourth-order valence-electron chi connectivity index (χ4n) is 3.53. The number of hydrogen-bond acceptors (Lipinski definition) is 4. The molecule has 1 saturated carbocycles. The summed E-state index contributed by atoms with van der Waals surface area (Å²) < 4.78 is 17.7. The molecule has 1 saturated heterocycles. The number of esters is 1. The van der Waals surface area contributed by atoms with Crippen molar-refractivity contribution in [2.75, 3.05) is 14.2 Å². The second kappa shape index (κ2) is 6.38. The van der Waals surface area contributed by atoms with Crippen molar-refractivity contribution in [3.8, 4) is 0 Å². The Hall–Kier alpha value is -0.400. The summed E-state index contributed by atoms with van der Waals surface area (Å²) in [6.45, 7) is 4.38. The SMILES string of the molecule is COC(=O)/C=C/[C@H]1O[C@]2(OC)CC[C@@](C)(/C=C(\C)I)[C@H]1C2. The molecule has 2 bridgehead atoms. The van der Waals surface area contributed by atoms with Crippen molar-refractivity contribution in [2.45, 2.75) is 45.0 Å². The Kier molecular flexibility index (Phi) is 5.15. The first-order chi connectivity index (χ1) is 9.84. The van der Waals surface area contributed by atoms with Crippen LogP contribution in [0.5, 0.6) is 0 Å². The highest BCUT2D eigenvalue weighted by atomic mass is 127. The summed E-state index contributed by atoms with van der Waals surface area (Å²) in [6.07, 6.45) is 8.23. The van der Waals surface area contributed by atoms with Crippen LogP contribution in [-0.4, -0.2) is 32.1 Å². The van der Waals surface area contributed by atoms with Crippen LogP contribution >= 0.6 is 22.6 Å². The summed E-state index contributed by atoms with van der Waals surface area (Å²) in [6, 6.07) is 0. The number of ether oxygens (including phenoxy) is 3. The van der Waals surface area contributed by atoms with Gasteiger partial charge in [-0.3, -0.25) is 0 Å². The first-order valence-electron chi connectivity index (χ1n) is 7.18. The molecule has 2 aliphatic rings. The molecule has 2 fully saturated rings. The van der Waals surface area contributed by atoms with E-state index in [4.69, 9.17) is 9.47 Å². The van der Waals surface area contributed by atoms with E-state index in [1.807, 2.05) is 6.08 Å². The average molecular weight is 406 g/mol. The van der Waals surface area contributed by atoms with Gasteiger partial charge in [0.1, 0.15) is 0 Å². The van der Waals surface area contributed by atoms with Crippen LogP contribution in [0.4, 0.5) is 0 Å². The molecule has 1 aliphatic carbocycles. The quantitative estimate of drug-likeness (QED) is 0.407. The van der Waals surface area contributed by atoms with Gasteiger partial charge in [-0.1, -0.05) is 13.0 Å². The van der Waals surface area contributed by atoms with E-state index in [-0.39, 0.29) is 17.5 Å². The van der Waals surface area contributed by atoms with E-state index in [0.717, 1.165) is 19.3 Å². The van der Waals surface area contributed by atoms with Crippen molar-refractivity contribution in [3.05, 3.63) is 21.8 Å². The van der Waals surface area contributed by atoms with Crippen LogP contribution in [0.1, 0.15) is 33.1 Å². The zero-order valence-electron chi connectivity index (χ0n) is 13.0. The lowest BCUT2D eigenvalue weighted by atomic mass is 9.65. The van der Waals surface area contributed by atoms with E-state index < -0.39 is 5.79 Å². The number of hydrogen-bond donors (Lipinski definition) is 0. The third-order valence-electron chi connectivity index (χ3n) is 4.69. The molecule has 4 nitrogen and oxygen atoms in total. The van der Waals surface area contributed by atoms with Crippen LogP contribution in [0, 0.1) is 11.3 Å². The number of allylic oxidation sites excluding steroid dienone is 2. The van der Waals surface area contributed by atoms with Gasteiger partial charge in [-0.15, -0.1) is 0 Å². The van der Waals surface area contributed by atoms with Crippen LogP contribution in [-0.2, 0) is 19.0 Å². The molecule has 0 radical (unpaired) electrons. The molecule has 0 unspecified atom stereocenters. The van der Waals surface area contributed by atoms with Gasteiger partial charge in [0.05, 0.1) is 13.2 Å². The van der Waals surface area contributed by atoms with Gasteiger partial charge in [0, 0.05) is 31.9 Å². The van der Waals surface area contributed by atoms with Gasteiger partial charge >= 0.3 is 5.97 Å². The van der Waals surface area contributed by atoms with Crippen molar-refractivity contribution in [1.82, 2.24) is 0 Å². The molecule has 0 N–H and O–H groups in total. The van der Waals surface area contributed by atoms with E-state index in [9.17, 15) is 4.79 Å². The van der Waals surface area contributed by atoms with Crippen molar-refractivity contribution < 1.29 is 19.0 Å². The molecule has 1 aliphatic heterocycles. The smallest absolute Gasteiger partial charge is 0.330 e. The zero-order valence-corrected chi connectivity index (χ0v) is 15.2. The summed E-state index contributed by atoms with van der Waals surface area (Å²) >= 11 is 2.35.